The molecular formula is C20H13Cl2FN2O3. The number of carbonyl (C=O) groups excluding carboxylic acids is 2. The molecule has 0 unspecified atom stereocenters. The van der Waals surface area contributed by atoms with Gasteiger partial charge in [0.25, 0.3) is 11.8 Å². The molecular weight excluding hydrogens is 406 g/mol. The van der Waals surface area contributed by atoms with E-state index in [9.17, 15) is 14.0 Å². The monoisotopic (exact) mass is 418 g/mol. The Morgan fingerprint density at radius 2 is 1.50 bits per heavy atom. The summed E-state index contributed by atoms with van der Waals surface area (Å²) < 4.78 is 13.1. The Morgan fingerprint density at radius 1 is 0.821 bits per heavy atom. The highest BCUT2D eigenvalue weighted by Gasteiger charge is 2.15. The average Bonchev–Trinajstić information content (AvgIpc) is 2.69. The minimum absolute atomic E-state index is 0.111. The van der Waals surface area contributed by atoms with Crippen molar-refractivity contribution in [1.29, 1.82) is 0 Å². The highest BCUT2D eigenvalue weighted by atomic mass is 35.5. The zero-order valence-electron chi connectivity index (χ0n) is 14.2. The molecule has 0 fully saturated rings. The molecule has 0 aliphatic carbocycles. The summed E-state index contributed by atoms with van der Waals surface area (Å²) in [6.45, 7) is 0. The first-order valence-electron chi connectivity index (χ1n) is 8.00. The fraction of sp³-hybridized carbons (Fsp3) is 0. The van der Waals surface area contributed by atoms with Crippen LogP contribution in [0.15, 0.2) is 60.7 Å². The summed E-state index contributed by atoms with van der Waals surface area (Å²) in [5.74, 6) is -1.62. The summed E-state index contributed by atoms with van der Waals surface area (Å²) in [6, 6.07) is 14.8. The lowest BCUT2D eigenvalue weighted by Gasteiger charge is -2.11. The Balaban J connectivity index is 1.85. The van der Waals surface area contributed by atoms with E-state index in [0.29, 0.717) is 0 Å². The van der Waals surface area contributed by atoms with Gasteiger partial charge < -0.3 is 5.32 Å². The van der Waals surface area contributed by atoms with Gasteiger partial charge in [-0.05, 0) is 53.6 Å². The molecule has 0 bridgehead atoms. The van der Waals surface area contributed by atoms with Crippen LogP contribution in [0.2, 0.25) is 10.0 Å². The fourth-order valence-electron chi connectivity index (χ4n) is 2.54. The molecule has 0 heterocycles. The van der Waals surface area contributed by atoms with Gasteiger partial charge in [0.05, 0.1) is 21.3 Å². The fourth-order valence-corrected chi connectivity index (χ4v) is 2.97. The van der Waals surface area contributed by atoms with E-state index < -0.39 is 11.8 Å². The van der Waals surface area contributed by atoms with Gasteiger partial charge in [-0.15, -0.1) is 0 Å². The predicted octanol–water partition coefficient (Wildman–Crippen LogP) is 5.17. The van der Waals surface area contributed by atoms with Crippen LogP contribution in [-0.2, 0) is 0 Å². The summed E-state index contributed by atoms with van der Waals surface area (Å²) in [5, 5.41) is 11.7. The van der Waals surface area contributed by atoms with Gasteiger partial charge in [-0.25, -0.2) is 9.87 Å². The van der Waals surface area contributed by atoms with Gasteiger partial charge in [0.1, 0.15) is 5.82 Å². The maximum Gasteiger partial charge on any atom is 0.274 e. The number of hydrogen-bond acceptors (Lipinski definition) is 3. The van der Waals surface area contributed by atoms with E-state index in [0.717, 1.165) is 11.1 Å². The van der Waals surface area contributed by atoms with Gasteiger partial charge in [-0.1, -0.05) is 41.4 Å². The van der Waals surface area contributed by atoms with Gasteiger partial charge in [0.15, 0.2) is 0 Å². The number of nitrogens with one attached hydrogen (secondary N) is 2. The van der Waals surface area contributed by atoms with Crippen molar-refractivity contribution in [2.24, 2.45) is 0 Å². The van der Waals surface area contributed by atoms with Gasteiger partial charge in [0, 0.05) is 5.56 Å². The predicted molar refractivity (Wildman–Crippen MR) is 106 cm³/mol. The number of anilines is 1. The van der Waals surface area contributed by atoms with Crippen molar-refractivity contribution in [3.05, 3.63) is 87.7 Å². The van der Waals surface area contributed by atoms with Crippen molar-refractivity contribution in [2.75, 3.05) is 5.32 Å². The second kappa shape index (κ2) is 8.39. The third-order valence-corrected chi connectivity index (χ3v) is 4.61. The molecule has 142 valence electrons. The molecule has 8 heteroatoms. The SMILES string of the molecule is O=C(NO)c1ccc(Cl)c(NC(=O)c2ccc(-c3ccc(F)cc3)cc2Cl)c1. The molecule has 0 saturated carbocycles. The minimum Gasteiger partial charge on any atom is -0.321 e. The molecule has 3 aromatic rings. The number of hydrogen-bond donors (Lipinski definition) is 3. The van der Waals surface area contributed by atoms with E-state index in [1.165, 1.54) is 41.9 Å². The first kappa shape index (κ1) is 19.8. The highest BCUT2D eigenvalue weighted by molar-refractivity contribution is 6.36. The highest BCUT2D eigenvalue weighted by Crippen LogP contribution is 2.28. The topological polar surface area (TPSA) is 78.4 Å². The maximum atomic E-state index is 13.1. The van der Waals surface area contributed by atoms with Crippen molar-refractivity contribution < 1.29 is 19.2 Å². The lowest BCUT2D eigenvalue weighted by molar-refractivity contribution is 0.0706. The van der Waals surface area contributed by atoms with Crippen LogP contribution in [0.25, 0.3) is 11.1 Å². The summed E-state index contributed by atoms with van der Waals surface area (Å²) in [5.41, 5.74) is 3.47. The molecule has 0 saturated heterocycles. The second-order valence-electron chi connectivity index (χ2n) is 5.79. The normalized spacial score (nSPS) is 10.4. The third-order valence-electron chi connectivity index (χ3n) is 3.97. The molecule has 0 aliphatic heterocycles. The molecule has 5 nitrogen and oxygen atoms in total. The number of carbonyl (C=O) groups is 2. The third kappa shape index (κ3) is 4.31. The van der Waals surface area contributed by atoms with E-state index in [1.54, 1.807) is 24.3 Å². The van der Waals surface area contributed by atoms with Crippen LogP contribution >= 0.6 is 23.2 Å². The Hall–Kier alpha value is -2.93. The molecule has 2 amide bonds. The standard InChI is InChI=1S/C20H13Cl2FN2O3/c21-16-8-4-13(19(26)25-28)10-18(16)24-20(27)15-7-3-12(9-17(15)22)11-1-5-14(23)6-2-11/h1-10,28H,(H,24,27)(H,25,26). The molecule has 3 N–H and O–H groups in total. The lowest BCUT2D eigenvalue weighted by atomic mass is 10.0. The van der Waals surface area contributed by atoms with E-state index in [4.69, 9.17) is 28.4 Å². The summed E-state index contributed by atoms with van der Waals surface area (Å²) in [6.07, 6.45) is 0. The van der Waals surface area contributed by atoms with Crippen LogP contribution in [0.3, 0.4) is 0 Å². The summed E-state index contributed by atoms with van der Waals surface area (Å²) in [7, 11) is 0. The van der Waals surface area contributed by atoms with Crippen LogP contribution in [0.5, 0.6) is 0 Å². The smallest absolute Gasteiger partial charge is 0.274 e. The zero-order valence-corrected chi connectivity index (χ0v) is 15.7. The number of benzene rings is 3. The van der Waals surface area contributed by atoms with E-state index in [2.05, 4.69) is 5.32 Å². The molecule has 0 atom stereocenters. The van der Waals surface area contributed by atoms with Gasteiger partial charge in [-0.2, -0.15) is 0 Å². The Bertz CT molecular complexity index is 1060. The van der Waals surface area contributed by atoms with E-state index >= 15 is 0 Å². The number of hydroxylamine groups is 1. The molecule has 0 aromatic heterocycles. The first-order valence-corrected chi connectivity index (χ1v) is 8.75. The Labute approximate surface area is 169 Å². The molecule has 3 rings (SSSR count). The summed E-state index contributed by atoms with van der Waals surface area (Å²) >= 11 is 12.3. The maximum absolute atomic E-state index is 13.1. The minimum atomic E-state index is -0.742. The first-order chi connectivity index (χ1) is 13.4. The Kier molecular flexibility index (Phi) is 5.94. The van der Waals surface area contributed by atoms with Gasteiger partial charge >= 0.3 is 0 Å². The van der Waals surface area contributed by atoms with Crippen LogP contribution in [0.1, 0.15) is 20.7 Å². The van der Waals surface area contributed by atoms with Gasteiger partial charge in [0.2, 0.25) is 0 Å². The van der Waals surface area contributed by atoms with Crippen molar-refractivity contribution in [1.82, 2.24) is 5.48 Å². The molecule has 0 spiro atoms. The Morgan fingerprint density at radius 3 is 2.14 bits per heavy atom. The lowest BCUT2D eigenvalue weighted by Crippen LogP contribution is -2.19. The second-order valence-corrected chi connectivity index (χ2v) is 6.61. The van der Waals surface area contributed by atoms with Crippen molar-refractivity contribution in [3.8, 4) is 11.1 Å². The van der Waals surface area contributed by atoms with Crippen molar-refractivity contribution >= 4 is 40.7 Å². The quantitative estimate of drug-likeness (QED) is 0.403. The van der Waals surface area contributed by atoms with E-state index in [-0.39, 0.29) is 32.7 Å². The van der Waals surface area contributed by atoms with Crippen LogP contribution in [0.4, 0.5) is 10.1 Å². The van der Waals surface area contributed by atoms with Crippen LogP contribution in [-0.4, -0.2) is 17.0 Å². The molecule has 0 radical (unpaired) electrons. The average molecular weight is 419 g/mol. The summed E-state index contributed by atoms with van der Waals surface area (Å²) in [4.78, 5) is 24.1. The number of rotatable bonds is 4. The molecule has 28 heavy (non-hydrogen) atoms. The number of halogens is 3. The van der Waals surface area contributed by atoms with Crippen LogP contribution in [0, 0.1) is 5.82 Å². The zero-order chi connectivity index (χ0) is 20.3. The van der Waals surface area contributed by atoms with Crippen molar-refractivity contribution in [2.45, 2.75) is 0 Å². The van der Waals surface area contributed by atoms with E-state index in [1.807, 2.05) is 0 Å². The van der Waals surface area contributed by atoms with Crippen LogP contribution < -0.4 is 10.8 Å². The van der Waals surface area contributed by atoms with Gasteiger partial charge in [-0.3, -0.25) is 14.8 Å². The van der Waals surface area contributed by atoms with Crippen molar-refractivity contribution in [3.63, 3.8) is 0 Å². The number of amides is 2. The molecule has 0 aliphatic rings. The molecule has 3 aromatic carbocycles. The largest absolute Gasteiger partial charge is 0.321 e.